The maximum absolute atomic E-state index is 12.5. The molecule has 0 amide bonds. The fourth-order valence-electron chi connectivity index (χ4n) is 1.98. The van der Waals surface area contributed by atoms with Gasteiger partial charge in [0.05, 0.1) is 24.4 Å². The van der Waals surface area contributed by atoms with Gasteiger partial charge in [0.1, 0.15) is 23.3 Å². The Morgan fingerprint density at radius 3 is 2.90 bits per heavy atom. The first-order valence-corrected chi connectivity index (χ1v) is 6.53. The molecular formula is C12H11ClN6O2. The van der Waals surface area contributed by atoms with Crippen LogP contribution in [0.5, 0.6) is 0 Å². The van der Waals surface area contributed by atoms with Crippen molar-refractivity contribution in [2.24, 2.45) is 0 Å². The zero-order chi connectivity index (χ0) is 15.0. The monoisotopic (exact) mass is 306 g/mol. The Balaban J connectivity index is 2.34. The predicted octanol–water partition coefficient (Wildman–Crippen LogP) is 0.579. The molecule has 0 saturated heterocycles. The molecule has 3 heterocycles. The molecule has 108 valence electrons. The van der Waals surface area contributed by atoms with E-state index in [9.17, 15) is 9.90 Å². The van der Waals surface area contributed by atoms with E-state index >= 15 is 0 Å². The second-order valence-electron chi connectivity index (χ2n) is 4.49. The van der Waals surface area contributed by atoms with Gasteiger partial charge in [0.25, 0.3) is 5.56 Å². The Bertz CT molecular complexity index is 845. The van der Waals surface area contributed by atoms with E-state index in [1.807, 2.05) is 0 Å². The molecule has 3 rings (SSSR count). The molecule has 0 aromatic carbocycles. The Morgan fingerprint density at radius 1 is 1.43 bits per heavy atom. The standard InChI is InChI=1S/C12H11ClN6O2/c1-7(3-20)18-6-15-10-8(12(18)21)2-9(13)17-11(10)19-5-14-4-16-19/h2,4-7,20H,3H2,1H3. The summed E-state index contributed by atoms with van der Waals surface area (Å²) in [6, 6.07) is 1.07. The molecule has 1 atom stereocenters. The van der Waals surface area contributed by atoms with E-state index in [-0.39, 0.29) is 23.4 Å². The third-order valence-corrected chi connectivity index (χ3v) is 3.29. The molecule has 3 aromatic rings. The van der Waals surface area contributed by atoms with Crippen molar-refractivity contribution >= 4 is 22.5 Å². The highest BCUT2D eigenvalue weighted by atomic mass is 35.5. The van der Waals surface area contributed by atoms with Crippen LogP contribution in [-0.2, 0) is 0 Å². The van der Waals surface area contributed by atoms with Crippen LogP contribution in [0.3, 0.4) is 0 Å². The number of halogens is 1. The van der Waals surface area contributed by atoms with E-state index in [0.717, 1.165) is 0 Å². The third kappa shape index (κ3) is 2.28. The van der Waals surface area contributed by atoms with Gasteiger partial charge in [0, 0.05) is 0 Å². The van der Waals surface area contributed by atoms with E-state index in [0.29, 0.717) is 16.7 Å². The fraction of sp³-hybridized carbons (Fsp3) is 0.250. The molecule has 0 fully saturated rings. The van der Waals surface area contributed by atoms with E-state index in [1.54, 1.807) is 6.92 Å². The lowest BCUT2D eigenvalue weighted by molar-refractivity contribution is 0.236. The van der Waals surface area contributed by atoms with Crippen LogP contribution in [0, 0.1) is 0 Å². The number of aromatic nitrogens is 6. The van der Waals surface area contributed by atoms with Gasteiger partial charge in [-0.25, -0.2) is 19.6 Å². The van der Waals surface area contributed by atoms with Crippen molar-refractivity contribution in [1.82, 2.24) is 29.3 Å². The van der Waals surface area contributed by atoms with Gasteiger partial charge in [-0.15, -0.1) is 0 Å². The highest BCUT2D eigenvalue weighted by Crippen LogP contribution is 2.19. The molecule has 0 radical (unpaired) electrons. The number of aliphatic hydroxyl groups excluding tert-OH is 1. The van der Waals surface area contributed by atoms with Gasteiger partial charge in [-0.3, -0.25) is 9.36 Å². The van der Waals surface area contributed by atoms with Crippen LogP contribution in [0.2, 0.25) is 5.15 Å². The van der Waals surface area contributed by atoms with Crippen LogP contribution in [0.1, 0.15) is 13.0 Å². The van der Waals surface area contributed by atoms with Crippen molar-refractivity contribution in [3.05, 3.63) is 40.6 Å². The number of hydrogen-bond acceptors (Lipinski definition) is 6. The van der Waals surface area contributed by atoms with Crippen molar-refractivity contribution in [3.8, 4) is 5.82 Å². The number of fused-ring (bicyclic) bond motifs is 1. The van der Waals surface area contributed by atoms with E-state index < -0.39 is 0 Å². The number of aliphatic hydroxyl groups is 1. The lowest BCUT2D eigenvalue weighted by Gasteiger charge is -2.13. The van der Waals surface area contributed by atoms with Crippen LogP contribution in [0.4, 0.5) is 0 Å². The molecule has 8 nitrogen and oxygen atoms in total. The van der Waals surface area contributed by atoms with Gasteiger partial charge in [-0.1, -0.05) is 11.6 Å². The fourth-order valence-corrected chi connectivity index (χ4v) is 2.16. The molecule has 0 bridgehead atoms. The smallest absolute Gasteiger partial charge is 0.261 e. The first-order valence-electron chi connectivity index (χ1n) is 6.15. The van der Waals surface area contributed by atoms with E-state index in [2.05, 4.69) is 20.1 Å². The normalized spacial score (nSPS) is 12.7. The SMILES string of the molecule is CC(CO)n1cnc2c(-n3cncn3)nc(Cl)cc2c1=O. The zero-order valence-corrected chi connectivity index (χ0v) is 11.8. The average molecular weight is 307 g/mol. The van der Waals surface area contributed by atoms with Gasteiger partial charge in [-0.05, 0) is 13.0 Å². The summed E-state index contributed by atoms with van der Waals surface area (Å²) >= 11 is 5.98. The van der Waals surface area contributed by atoms with Crippen molar-refractivity contribution in [1.29, 1.82) is 0 Å². The van der Waals surface area contributed by atoms with E-state index in [1.165, 1.54) is 34.3 Å². The average Bonchev–Trinajstić information content (AvgIpc) is 3.01. The number of rotatable bonds is 3. The first kappa shape index (κ1) is 13.7. The van der Waals surface area contributed by atoms with Crippen LogP contribution in [0.25, 0.3) is 16.7 Å². The summed E-state index contributed by atoms with van der Waals surface area (Å²) in [5.74, 6) is 0.330. The molecule has 1 unspecified atom stereocenters. The number of nitrogens with zero attached hydrogens (tertiary/aromatic N) is 6. The van der Waals surface area contributed by atoms with Crippen LogP contribution in [-0.4, -0.2) is 41.0 Å². The van der Waals surface area contributed by atoms with Gasteiger partial charge < -0.3 is 5.11 Å². The first-order chi connectivity index (χ1) is 10.1. The highest BCUT2D eigenvalue weighted by molar-refractivity contribution is 6.30. The van der Waals surface area contributed by atoms with E-state index in [4.69, 9.17) is 11.6 Å². The predicted molar refractivity (Wildman–Crippen MR) is 75.5 cm³/mol. The largest absolute Gasteiger partial charge is 0.394 e. The maximum atomic E-state index is 12.5. The van der Waals surface area contributed by atoms with Gasteiger partial charge in [-0.2, -0.15) is 5.10 Å². The van der Waals surface area contributed by atoms with Crippen molar-refractivity contribution in [2.45, 2.75) is 13.0 Å². The van der Waals surface area contributed by atoms with Crippen molar-refractivity contribution in [3.63, 3.8) is 0 Å². The molecule has 3 aromatic heterocycles. The van der Waals surface area contributed by atoms with Crippen molar-refractivity contribution in [2.75, 3.05) is 6.61 Å². The summed E-state index contributed by atoms with van der Waals surface area (Å²) in [5.41, 5.74) is 0.0727. The minimum absolute atomic E-state index is 0.154. The molecular weight excluding hydrogens is 296 g/mol. The van der Waals surface area contributed by atoms with Crippen LogP contribution < -0.4 is 5.56 Å². The lowest BCUT2D eigenvalue weighted by atomic mass is 10.2. The summed E-state index contributed by atoms with van der Waals surface area (Å²) in [7, 11) is 0. The third-order valence-electron chi connectivity index (χ3n) is 3.09. The maximum Gasteiger partial charge on any atom is 0.261 e. The molecule has 0 spiro atoms. The molecule has 0 saturated carbocycles. The molecule has 9 heteroatoms. The number of pyridine rings is 1. The summed E-state index contributed by atoms with van der Waals surface area (Å²) in [6.07, 6.45) is 4.17. The summed E-state index contributed by atoms with van der Waals surface area (Å²) in [5, 5.41) is 13.6. The Hall–Kier alpha value is -2.32. The molecule has 0 aliphatic rings. The summed E-state index contributed by atoms with van der Waals surface area (Å²) in [4.78, 5) is 24.7. The molecule has 0 aliphatic carbocycles. The summed E-state index contributed by atoms with van der Waals surface area (Å²) in [6.45, 7) is 1.55. The highest BCUT2D eigenvalue weighted by Gasteiger charge is 2.15. The Morgan fingerprint density at radius 2 is 2.24 bits per heavy atom. The van der Waals surface area contributed by atoms with Gasteiger partial charge in [0.2, 0.25) is 0 Å². The van der Waals surface area contributed by atoms with Crippen LogP contribution >= 0.6 is 11.6 Å². The van der Waals surface area contributed by atoms with Crippen molar-refractivity contribution < 1.29 is 5.11 Å². The van der Waals surface area contributed by atoms with Gasteiger partial charge in [0.15, 0.2) is 5.82 Å². The Kier molecular flexibility index (Phi) is 3.40. The van der Waals surface area contributed by atoms with Crippen LogP contribution in [0.15, 0.2) is 29.8 Å². The second kappa shape index (κ2) is 5.23. The molecule has 21 heavy (non-hydrogen) atoms. The minimum Gasteiger partial charge on any atom is -0.394 e. The van der Waals surface area contributed by atoms with Gasteiger partial charge >= 0.3 is 0 Å². The zero-order valence-electron chi connectivity index (χ0n) is 11.0. The molecule has 1 N–H and O–H groups in total. The second-order valence-corrected chi connectivity index (χ2v) is 4.88. The topological polar surface area (TPSA) is 98.7 Å². The quantitative estimate of drug-likeness (QED) is 0.711. The lowest BCUT2D eigenvalue weighted by Crippen LogP contribution is -2.26. The Labute approximate surface area is 123 Å². The summed E-state index contributed by atoms with van der Waals surface area (Å²) < 4.78 is 2.74. The minimum atomic E-state index is -0.379. The molecule has 0 aliphatic heterocycles. The number of hydrogen-bond donors (Lipinski definition) is 1.